The van der Waals surface area contributed by atoms with E-state index in [9.17, 15) is 9.59 Å². The maximum atomic E-state index is 12.7. The van der Waals surface area contributed by atoms with Crippen LogP contribution in [0.2, 0.25) is 0 Å². The van der Waals surface area contributed by atoms with Crippen LogP contribution in [-0.2, 0) is 20.9 Å². The molecule has 2 rings (SSSR count). The summed E-state index contributed by atoms with van der Waals surface area (Å²) < 4.78 is 11.1. The van der Waals surface area contributed by atoms with Gasteiger partial charge in [0.25, 0.3) is 0 Å². The second-order valence-corrected chi connectivity index (χ2v) is 9.57. The molecule has 7 heteroatoms. The summed E-state index contributed by atoms with van der Waals surface area (Å²) in [5.74, 6) is -0.0339. The lowest BCUT2D eigenvalue weighted by molar-refractivity contribution is -0.152. The number of esters is 1. The van der Waals surface area contributed by atoms with Crippen LogP contribution >= 0.6 is 0 Å². The number of nitrogens with zero attached hydrogens (tertiary/aromatic N) is 3. The number of piperazine rings is 1. The Kier molecular flexibility index (Phi) is 9.32. The summed E-state index contributed by atoms with van der Waals surface area (Å²) in [7, 11) is 1.98. The molecule has 0 spiro atoms. The molecule has 1 unspecified atom stereocenters. The molecule has 174 valence electrons. The van der Waals surface area contributed by atoms with Crippen molar-refractivity contribution in [3.8, 4) is 0 Å². The van der Waals surface area contributed by atoms with E-state index in [0.717, 1.165) is 31.7 Å². The highest BCUT2D eigenvalue weighted by molar-refractivity contribution is 5.76. The van der Waals surface area contributed by atoms with Crippen molar-refractivity contribution in [2.45, 2.75) is 52.9 Å². The summed E-state index contributed by atoms with van der Waals surface area (Å²) in [4.78, 5) is 31.1. The number of carbonyl (C=O) groups excluding carboxylic acids is 2. The summed E-state index contributed by atoms with van der Waals surface area (Å²) in [5.41, 5.74) is 0.515. The number of likely N-dealkylation sites (N-methyl/N-ethyl adjacent to an activating group) is 1. The summed E-state index contributed by atoms with van der Waals surface area (Å²) in [6.07, 6.45) is -0.245. The third kappa shape index (κ3) is 8.50. The van der Waals surface area contributed by atoms with Crippen LogP contribution in [0.25, 0.3) is 0 Å². The highest BCUT2D eigenvalue weighted by Gasteiger charge is 2.29. The second kappa shape index (κ2) is 11.5. The fraction of sp³-hybridized carbons (Fsp3) is 0.667. The van der Waals surface area contributed by atoms with E-state index in [4.69, 9.17) is 9.47 Å². The molecule has 0 bridgehead atoms. The molecule has 1 fully saturated rings. The quantitative estimate of drug-likeness (QED) is 0.587. The molecule has 1 aromatic rings. The molecule has 0 N–H and O–H groups in total. The van der Waals surface area contributed by atoms with Crippen molar-refractivity contribution in [3.63, 3.8) is 0 Å². The third-order valence-electron chi connectivity index (χ3n) is 5.36. The first-order valence-corrected chi connectivity index (χ1v) is 11.2. The van der Waals surface area contributed by atoms with Crippen LogP contribution in [-0.4, -0.2) is 84.7 Å². The molecule has 1 aromatic carbocycles. The first-order chi connectivity index (χ1) is 14.6. The molecule has 7 nitrogen and oxygen atoms in total. The van der Waals surface area contributed by atoms with Crippen molar-refractivity contribution in [1.82, 2.24) is 14.7 Å². The smallest absolute Gasteiger partial charge is 0.410 e. The number of ether oxygens (including phenoxy) is 2. The predicted octanol–water partition coefficient (Wildman–Crippen LogP) is 3.24. The summed E-state index contributed by atoms with van der Waals surface area (Å²) in [6, 6.07) is 9.46. The molecule has 1 saturated heterocycles. The molecule has 1 heterocycles. The van der Waals surface area contributed by atoms with Gasteiger partial charge in [-0.3, -0.25) is 14.6 Å². The lowest BCUT2D eigenvalue weighted by Crippen LogP contribution is -2.52. The molecule has 0 aliphatic carbocycles. The lowest BCUT2D eigenvalue weighted by atomic mass is 10.0. The number of hydrogen-bond acceptors (Lipinski definition) is 6. The molecule has 1 aliphatic heterocycles. The van der Waals surface area contributed by atoms with E-state index in [1.54, 1.807) is 4.90 Å². The average Bonchev–Trinajstić information content (AvgIpc) is 2.70. The molecule has 0 radical (unpaired) electrons. The van der Waals surface area contributed by atoms with Crippen LogP contribution < -0.4 is 0 Å². The second-order valence-electron chi connectivity index (χ2n) is 9.57. The zero-order valence-corrected chi connectivity index (χ0v) is 20.0. The van der Waals surface area contributed by atoms with E-state index in [1.807, 2.05) is 72.0 Å². The maximum Gasteiger partial charge on any atom is 0.410 e. The minimum Gasteiger partial charge on any atom is -0.460 e. The first-order valence-electron chi connectivity index (χ1n) is 11.2. The van der Waals surface area contributed by atoms with Gasteiger partial charge < -0.3 is 14.4 Å². The highest BCUT2D eigenvalue weighted by Crippen LogP contribution is 2.14. The van der Waals surface area contributed by atoms with E-state index >= 15 is 0 Å². The zero-order valence-electron chi connectivity index (χ0n) is 20.0. The molecular formula is C24H39N3O4. The fourth-order valence-electron chi connectivity index (χ4n) is 3.69. The standard InChI is InChI=1S/C24H39N3O4/c1-19(2)21(22(28)30-18-20-10-8-7-9-11-20)25(6)12-13-26-14-16-27(17-15-26)23(29)31-24(3,4)5/h7-11,19,21H,12-18H2,1-6H3. The van der Waals surface area contributed by atoms with Gasteiger partial charge in [0.05, 0.1) is 0 Å². The van der Waals surface area contributed by atoms with E-state index in [1.165, 1.54) is 0 Å². The van der Waals surface area contributed by atoms with Gasteiger partial charge >= 0.3 is 12.1 Å². The Bertz CT molecular complexity index is 695. The van der Waals surface area contributed by atoms with Crippen LogP contribution in [0.4, 0.5) is 4.79 Å². The Morgan fingerprint density at radius 2 is 1.68 bits per heavy atom. The van der Waals surface area contributed by atoms with Crippen LogP contribution in [0.15, 0.2) is 30.3 Å². The molecule has 0 saturated carbocycles. The largest absolute Gasteiger partial charge is 0.460 e. The van der Waals surface area contributed by atoms with Gasteiger partial charge in [-0.05, 0) is 39.3 Å². The van der Waals surface area contributed by atoms with Crippen molar-refractivity contribution < 1.29 is 19.1 Å². The lowest BCUT2D eigenvalue weighted by Gasteiger charge is -2.37. The normalized spacial score (nSPS) is 16.5. The first kappa shape index (κ1) is 25.1. The molecular weight excluding hydrogens is 394 g/mol. The third-order valence-corrected chi connectivity index (χ3v) is 5.36. The molecule has 1 aliphatic rings. The van der Waals surface area contributed by atoms with Crippen molar-refractivity contribution in [2.75, 3.05) is 46.3 Å². The molecule has 0 aromatic heterocycles. The van der Waals surface area contributed by atoms with Gasteiger partial charge in [0.15, 0.2) is 0 Å². The number of benzene rings is 1. The van der Waals surface area contributed by atoms with Gasteiger partial charge in [0, 0.05) is 39.3 Å². The van der Waals surface area contributed by atoms with Crippen LogP contribution in [0.3, 0.4) is 0 Å². The monoisotopic (exact) mass is 433 g/mol. The number of amides is 1. The molecule has 1 amide bonds. The Hall–Kier alpha value is -2.12. The van der Waals surface area contributed by atoms with Crippen molar-refractivity contribution in [3.05, 3.63) is 35.9 Å². The van der Waals surface area contributed by atoms with Gasteiger partial charge in [0.2, 0.25) is 0 Å². The van der Waals surface area contributed by atoms with E-state index < -0.39 is 5.60 Å². The number of rotatable bonds is 8. The highest BCUT2D eigenvalue weighted by atomic mass is 16.6. The van der Waals surface area contributed by atoms with E-state index in [2.05, 4.69) is 9.80 Å². The molecule has 1 atom stereocenters. The van der Waals surface area contributed by atoms with E-state index in [-0.39, 0.29) is 24.0 Å². The Balaban J connectivity index is 1.78. The number of carbonyl (C=O) groups is 2. The van der Waals surface area contributed by atoms with Crippen LogP contribution in [0.1, 0.15) is 40.2 Å². The van der Waals surface area contributed by atoms with Gasteiger partial charge in [-0.2, -0.15) is 0 Å². The van der Waals surface area contributed by atoms with Crippen molar-refractivity contribution >= 4 is 12.1 Å². The summed E-state index contributed by atoms with van der Waals surface area (Å²) in [6.45, 7) is 14.6. The van der Waals surface area contributed by atoms with Crippen LogP contribution in [0, 0.1) is 5.92 Å². The SMILES string of the molecule is CC(C)C(C(=O)OCc1ccccc1)N(C)CCN1CCN(C(=O)OC(C)(C)C)CC1. The van der Waals surface area contributed by atoms with Crippen molar-refractivity contribution in [1.29, 1.82) is 0 Å². The number of hydrogen-bond donors (Lipinski definition) is 0. The Morgan fingerprint density at radius 3 is 2.23 bits per heavy atom. The van der Waals surface area contributed by atoms with Gasteiger partial charge in [-0.1, -0.05) is 44.2 Å². The predicted molar refractivity (Wildman–Crippen MR) is 122 cm³/mol. The Labute approximate surface area is 187 Å². The fourth-order valence-corrected chi connectivity index (χ4v) is 3.69. The zero-order chi connectivity index (χ0) is 23.0. The maximum absolute atomic E-state index is 12.7. The summed E-state index contributed by atoms with van der Waals surface area (Å²) >= 11 is 0. The van der Waals surface area contributed by atoms with Gasteiger partial charge in [0.1, 0.15) is 18.2 Å². The van der Waals surface area contributed by atoms with E-state index in [0.29, 0.717) is 19.7 Å². The average molecular weight is 434 g/mol. The van der Waals surface area contributed by atoms with Gasteiger partial charge in [-0.15, -0.1) is 0 Å². The van der Waals surface area contributed by atoms with Crippen molar-refractivity contribution in [2.24, 2.45) is 5.92 Å². The van der Waals surface area contributed by atoms with Gasteiger partial charge in [-0.25, -0.2) is 4.79 Å². The minimum absolute atomic E-state index is 0.150. The Morgan fingerprint density at radius 1 is 1.06 bits per heavy atom. The van der Waals surface area contributed by atoms with Crippen LogP contribution in [0.5, 0.6) is 0 Å². The topological polar surface area (TPSA) is 62.3 Å². The molecule has 31 heavy (non-hydrogen) atoms. The summed E-state index contributed by atoms with van der Waals surface area (Å²) in [5, 5.41) is 0. The minimum atomic E-state index is -0.474.